The first kappa shape index (κ1) is 19.0. The van der Waals surface area contributed by atoms with Gasteiger partial charge in [0.2, 0.25) is 5.91 Å². The van der Waals surface area contributed by atoms with Crippen molar-refractivity contribution in [2.24, 2.45) is 5.73 Å². The summed E-state index contributed by atoms with van der Waals surface area (Å²) >= 11 is 0. The SMILES string of the molecule is CO[C@H]1CCCC[C@@H]1NC(=O)N1CCOC(CN(C)CC(N)=O)C1. The van der Waals surface area contributed by atoms with Gasteiger partial charge in [0, 0.05) is 26.7 Å². The number of carbonyl (C=O) groups excluding carboxylic acids is 2. The Kier molecular flexibility index (Phi) is 7.26. The third-order valence-corrected chi connectivity index (χ3v) is 4.68. The molecule has 3 atom stereocenters. The highest BCUT2D eigenvalue weighted by Gasteiger charge is 2.30. The maximum atomic E-state index is 12.6. The average molecular weight is 342 g/mol. The predicted octanol–water partition coefficient (Wildman–Crippen LogP) is -0.228. The zero-order valence-electron chi connectivity index (χ0n) is 14.7. The monoisotopic (exact) mass is 342 g/mol. The van der Waals surface area contributed by atoms with Crippen molar-refractivity contribution in [1.29, 1.82) is 0 Å². The summed E-state index contributed by atoms with van der Waals surface area (Å²) in [5, 5.41) is 3.11. The van der Waals surface area contributed by atoms with E-state index in [1.54, 1.807) is 12.0 Å². The fourth-order valence-electron chi connectivity index (χ4n) is 3.49. The lowest BCUT2D eigenvalue weighted by molar-refractivity contribution is -0.119. The van der Waals surface area contributed by atoms with Crippen LogP contribution in [0.3, 0.4) is 0 Å². The Balaban J connectivity index is 1.82. The molecule has 1 aliphatic heterocycles. The first-order valence-electron chi connectivity index (χ1n) is 8.66. The van der Waals surface area contributed by atoms with E-state index in [1.807, 2.05) is 11.9 Å². The summed E-state index contributed by atoms with van der Waals surface area (Å²) in [6.45, 7) is 2.34. The normalized spacial score (nSPS) is 28.0. The Morgan fingerprint density at radius 2 is 2.12 bits per heavy atom. The zero-order valence-corrected chi connectivity index (χ0v) is 14.7. The summed E-state index contributed by atoms with van der Waals surface area (Å²) in [5.41, 5.74) is 5.20. The number of hydrogen-bond acceptors (Lipinski definition) is 5. The van der Waals surface area contributed by atoms with Crippen LogP contribution in [0.1, 0.15) is 25.7 Å². The quantitative estimate of drug-likeness (QED) is 0.695. The zero-order chi connectivity index (χ0) is 17.5. The van der Waals surface area contributed by atoms with Gasteiger partial charge < -0.3 is 25.4 Å². The lowest BCUT2D eigenvalue weighted by Gasteiger charge is -2.37. The van der Waals surface area contributed by atoms with Crippen molar-refractivity contribution in [2.75, 3.05) is 46.9 Å². The highest BCUT2D eigenvalue weighted by atomic mass is 16.5. The summed E-state index contributed by atoms with van der Waals surface area (Å²) in [4.78, 5) is 27.1. The number of carbonyl (C=O) groups is 2. The molecule has 1 aliphatic carbocycles. The molecule has 8 heteroatoms. The molecule has 2 rings (SSSR count). The highest BCUT2D eigenvalue weighted by molar-refractivity contribution is 5.76. The van der Waals surface area contributed by atoms with Gasteiger partial charge in [-0.25, -0.2) is 4.79 Å². The van der Waals surface area contributed by atoms with E-state index in [9.17, 15) is 9.59 Å². The second kappa shape index (κ2) is 9.19. The van der Waals surface area contributed by atoms with Gasteiger partial charge >= 0.3 is 6.03 Å². The number of amides is 3. The van der Waals surface area contributed by atoms with Crippen LogP contribution in [0, 0.1) is 0 Å². The van der Waals surface area contributed by atoms with Crippen LogP contribution in [-0.4, -0.2) is 86.9 Å². The molecule has 0 aromatic carbocycles. The molecule has 3 N–H and O–H groups in total. The van der Waals surface area contributed by atoms with Crippen molar-refractivity contribution in [3.8, 4) is 0 Å². The van der Waals surface area contributed by atoms with Crippen LogP contribution in [0.4, 0.5) is 4.79 Å². The van der Waals surface area contributed by atoms with Gasteiger partial charge in [-0.1, -0.05) is 12.8 Å². The third kappa shape index (κ3) is 5.61. The predicted molar refractivity (Wildman–Crippen MR) is 89.6 cm³/mol. The number of rotatable bonds is 6. The molecule has 1 heterocycles. The lowest BCUT2D eigenvalue weighted by Crippen LogP contribution is -2.56. The molecule has 0 bridgehead atoms. The molecule has 0 radical (unpaired) electrons. The minimum atomic E-state index is -0.370. The molecule has 8 nitrogen and oxygen atoms in total. The molecular formula is C16H30N4O4. The maximum absolute atomic E-state index is 12.6. The smallest absolute Gasteiger partial charge is 0.317 e. The second-order valence-electron chi connectivity index (χ2n) is 6.72. The first-order chi connectivity index (χ1) is 11.5. The first-order valence-corrected chi connectivity index (χ1v) is 8.66. The molecule has 1 saturated heterocycles. The Labute approximate surface area is 143 Å². The summed E-state index contributed by atoms with van der Waals surface area (Å²) < 4.78 is 11.2. The van der Waals surface area contributed by atoms with Crippen molar-refractivity contribution < 1.29 is 19.1 Å². The van der Waals surface area contributed by atoms with Gasteiger partial charge in [-0.15, -0.1) is 0 Å². The van der Waals surface area contributed by atoms with Gasteiger partial charge in [-0.05, 0) is 19.9 Å². The number of primary amides is 1. The Morgan fingerprint density at radius 1 is 1.38 bits per heavy atom. The van der Waals surface area contributed by atoms with Gasteiger partial charge in [-0.3, -0.25) is 9.69 Å². The van der Waals surface area contributed by atoms with Gasteiger partial charge in [-0.2, -0.15) is 0 Å². The van der Waals surface area contributed by atoms with Crippen molar-refractivity contribution in [3.05, 3.63) is 0 Å². The van der Waals surface area contributed by atoms with E-state index in [-0.39, 0.29) is 36.7 Å². The lowest BCUT2D eigenvalue weighted by atomic mass is 9.92. The number of nitrogens with zero attached hydrogens (tertiary/aromatic N) is 2. The molecule has 2 fully saturated rings. The van der Waals surface area contributed by atoms with Crippen LogP contribution in [0.15, 0.2) is 0 Å². The van der Waals surface area contributed by atoms with E-state index in [0.29, 0.717) is 26.2 Å². The summed E-state index contributed by atoms with van der Waals surface area (Å²) in [7, 11) is 3.52. The van der Waals surface area contributed by atoms with Gasteiger partial charge in [0.15, 0.2) is 0 Å². The second-order valence-corrected chi connectivity index (χ2v) is 6.72. The minimum absolute atomic E-state index is 0.0604. The van der Waals surface area contributed by atoms with E-state index in [1.165, 1.54) is 0 Å². The standard InChI is InChI=1S/C16H30N4O4/c1-19(11-15(17)21)9-12-10-20(7-8-24-12)16(22)18-13-5-3-4-6-14(13)23-2/h12-14H,3-11H2,1-2H3,(H2,17,21)(H,18,22)/t12?,13-,14-/m0/s1. The van der Waals surface area contributed by atoms with Crippen LogP contribution in [-0.2, 0) is 14.3 Å². The van der Waals surface area contributed by atoms with E-state index in [4.69, 9.17) is 15.2 Å². The highest BCUT2D eigenvalue weighted by Crippen LogP contribution is 2.21. The van der Waals surface area contributed by atoms with Gasteiger partial charge in [0.1, 0.15) is 0 Å². The minimum Gasteiger partial charge on any atom is -0.379 e. The van der Waals surface area contributed by atoms with Crippen molar-refractivity contribution >= 4 is 11.9 Å². The Bertz CT molecular complexity index is 434. The molecule has 24 heavy (non-hydrogen) atoms. The number of nitrogens with two attached hydrogens (primary N) is 1. The summed E-state index contributed by atoms with van der Waals surface area (Å²) in [5.74, 6) is -0.370. The number of ether oxygens (including phenoxy) is 2. The van der Waals surface area contributed by atoms with E-state index < -0.39 is 0 Å². The number of nitrogens with one attached hydrogen (secondary N) is 1. The molecule has 138 valence electrons. The number of likely N-dealkylation sites (N-methyl/N-ethyl adjacent to an activating group) is 1. The summed E-state index contributed by atoms with van der Waals surface area (Å²) in [6, 6.07) is 0.0184. The Hall–Kier alpha value is -1.38. The largest absolute Gasteiger partial charge is 0.379 e. The van der Waals surface area contributed by atoms with Crippen LogP contribution >= 0.6 is 0 Å². The molecule has 1 saturated carbocycles. The molecular weight excluding hydrogens is 312 g/mol. The van der Waals surface area contributed by atoms with E-state index >= 15 is 0 Å². The molecule has 3 amide bonds. The van der Waals surface area contributed by atoms with Crippen molar-refractivity contribution in [3.63, 3.8) is 0 Å². The average Bonchev–Trinajstić information content (AvgIpc) is 2.54. The van der Waals surface area contributed by atoms with Crippen LogP contribution in [0.25, 0.3) is 0 Å². The number of morpholine rings is 1. The maximum Gasteiger partial charge on any atom is 0.317 e. The van der Waals surface area contributed by atoms with Crippen molar-refractivity contribution in [1.82, 2.24) is 15.1 Å². The number of hydrogen-bond donors (Lipinski definition) is 2. The molecule has 1 unspecified atom stereocenters. The summed E-state index contributed by atoms with van der Waals surface area (Å²) in [6.07, 6.45) is 4.20. The van der Waals surface area contributed by atoms with Crippen LogP contribution in [0.5, 0.6) is 0 Å². The molecule has 2 aliphatic rings. The fraction of sp³-hybridized carbons (Fsp3) is 0.875. The van der Waals surface area contributed by atoms with E-state index in [0.717, 1.165) is 25.7 Å². The van der Waals surface area contributed by atoms with Crippen LogP contribution < -0.4 is 11.1 Å². The van der Waals surface area contributed by atoms with Crippen LogP contribution in [0.2, 0.25) is 0 Å². The molecule has 0 aromatic rings. The number of methoxy groups -OCH3 is 1. The molecule has 0 aromatic heterocycles. The fourth-order valence-corrected chi connectivity index (χ4v) is 3.49. The third-order valence-electron chi connectivity index (χ3n) is 4.68. The van der Waals surface area contributed by atoms with Crippen molar-refractivity contribution in [2.45, 2.75) is 43.9 Å². The van der Waals surface area contributed by atoms with E-state index in [2.05, 4.69) is 5.32 Å². The van der Waals surface area contributed by atoms with Gasteiger partial charge in [0.05, 0.1) is 31.4 Å². The number of urea groups is 1. The Morgan fingerprint density at radius 3 is 2.83 bits per heavy atom. The molecule has 0 spiro atoms. The van der Waals surface area contributed by atoms with Gasteiger partial charge in [0.25, 0.3) is 0 Å². The topological polar surface area (TPSA) is 97.1 Å².